The average Bonchev–Trinajstić information content (AvgIpc) is 3.55. The topological polar surface area (TPSA) is 120 Å². The van der Waals surface area contributed by atoms with Crippen molar-refractivity contribution in [3.8, 4) is 10.4 Å². The normalized spacial score (nSPS) is 19.2. The van der Waals surface area contributed by atoms with Gasteiger partial charge in [0.15, 0.2) is 0 Å². The van der Waals surface area contributed by atoms with E-state index in [1.54, 1.807) is 15.6 Å². The number of rotatable bonds is 8. The smallest absolute Gasteiger partial charge is 0.250 e. The molecule has 1 aromatic carbocycles. The van der Waals surface area contributed by atoms with Crippen LogP contribution in [0.25, 0.3) is 21.3 Å². The van der Waals surface area contributed by atoms with Crippen molar-refractivity contribution >= 4 is 38.2 Å². The van der Waals surface area contributed by atoms with Gasteiger partial charge >= 0.3 is 0 Å². The molecule has 0 unspecified atom stereocenters. The van der Waals surface area contributed by atoms with Gasteiger partial charge in [0, 0.05) is 42.6 Å². The molecular weight excluding hydrogens is 496 g/mol. The van der Waals surface area contributed by atoms with E-state index in [-0.39, 0.29) is 17.8 Å². The number of aromatic nitrogens is 1. The molecule has 4 N–H and O–H groups in total. The highest BCUT2D eigenvalue weighted by Gasteiger charge is 2.30. The molecule has 0 aliphatic carbocycles. The van der Waals surface area contributed by atoms with Crippen LogP contribution in [0.15, 0.2) is 35.8 Å². The van der Waals surface area contributed by atoms with Crippen LogP contribution in [0.3, 0.4) is 0 Å². The second-order valence-corrected chi connectivity index (χ2v) is 13.0. The van der Waals surface area contributed by atoms with E-state index in [0.717, 1.165) is 72.2 Å². The summed E-state index contributed by atoms with van der Waals surface area (Å²) in [7, 11) is -3.29. The Morgan fingerprint density at radius 3 is 2.56 bits per heavy atom. The number of thiophene rings is 1. The SMILES string of the molecule is NC(=O)c1cc(-c2cccs2)cc2c(C3CCN(S(=O)(=O)CCCN4CCC(O)CC4)CC3)c[nH]c12. The summed E-state index contributed by atoms with van der Waals surface area (Å²) in [5, 5.41) is 12.6. The molecule has 194 valence electrons. The van der Waals surface area contributed by atoms with Gasteiger partial charge in [-0.1, -0.05) is 6.07 Å². The Balaban J connectivity index is 1.25. The third kappa shape index (κ3) is 5.38. The predicted molar refractivity (Wildman–Crippen MR) is 144 cm³/mol. The number of hydrogen-bond acceptors (Lipinski definition) is 6. The lowest BCUT2D eigenvalue weighted by molar-refractivity contribution is 0.0827. The highest BCUT2D eigenvalue weighted by molar-refractivity contribution is 7.89. The summed E-state index contributed by atoms with van der Waals surface area (Å²) in [5.74, 6) is -0.0894. The summed E-state index contributed by atoms with van der Waals surface area (Å²) in [6.45, 7) is 3.43. The van der Waals surface area contributed by atoms with Gasteiger partial charge in [-0.05, 0) is 79.3 Å². The highest BCUT2D eigenvalue weighted by Crippen LogP contribution is 2.38. The third-order valence-corrected chi connectivity index (χ3v) is 10.5. The number of primary amides is 1. The number of hydrogen-bond donors (Lipinski definition) is 3. The molecule has 10 heteroatoms. The van der Waals surface area contributed by atoms with E-state index < -0.39 is 15.9 Å². The van der Waals surface area contributed by atoms with Crippen molar-refractivity contribution in [2.24, 2.45) is 5.73 Å². The minimum Gasteiger partial charge on any atom is -0.393 e. The van der Waals surface area contributed by atoms with Crippen LogP contribution in [-0.4, -0.2) is 78.2 Å². The fourth-order valence-electron chi connectivity index (χ4n) is 5.56. The first-order valence-electron chi connectivity index (χ1n) is 12.7. The molecule has 5 rings (SSSR count). The second kappa shape index (κ2) is 10.6. The monoisotopic (exact) mass is 530 g/mol. The molecule has 0 spiro atoms. The number of nitrogens with two attached hydrogens (primary N) is 1. The number of benzene rings is 1. The van der Waals surface area contributed by atoms with E-state index in [0.29, 0.717) is 25.1 Å². The van der Waals surface area contributed by atoms with E-state index in [1.807, 2.05) is 29.8 Å². The Hall–Kier alpha value is -2.24. The van der Waals surface area contributed by atoms with Gasteiger partial charge in [-0.25, -0.2) is 12.7 Å². The Bertz CT molecular complexity index is 1300. The minimum absolute atomic E-state index is 0.163. The summed E-state index contributed by atoms with van der Waals surface area (Å²) in [5.41, 5.74) is 9.02. The van der Waals surface area contributed by atoms with Gasteiger partial charge in [-0.3, -0.25) is 4.79 Å². The molecule has 3 aromatic rings. The molecule has 0 radical (unpaired) electrons. The van der Waals surface area contributed by atoms with Crippen LogP contribution in [0.1, 0.15) is 53.9 Å². The second-order valence-electron chi connectivity index (χ2n) is 9.95. The van der Waals surface area contributed by atoms with Crippen LogP contribution in [-0.2, 0) is 10.0 Å². The van der Waals surface area contributed by atoms with E-state index in [1.165, 1.54) is 0 Å². The van der Waals surface area contributed by atoms with Crippen molar-refractivity contribution in [1.82, 2.24) is 14.2 Å². The average molecular weight is 531 g/mol. The first kappa shape index (κ1) is 25.4. The van der Waals surface area contributed by atoms with Gasteiger partial charge in [0.2, 0.25) is 10.0 Å². The molecule has 2 fully saturated rings. The molecule has 2 aliphatic heterocycles. The summed E-state index contributed by atoms with van der Waals surface area (Å²) >= 11 is 1.62. The van der Waals surface area contributed by atoms with Gasteiger partial charge < -0.3 is 20.7 Å². The zero-order valence-corrected chi connectivity index (χ0v) is 22.0. The number of carbonyl (C=O) groups excluding carboxylic acids is 1. The van der Waals surface area contributed by atoms with Crippen LogP contribution in [0.2, 0.25) is 0 Å². The standard InChI is InChI=1S/C26H34N4O4S2/c27-26(32)22-16-19(24-3-1-13-35-24)15-21-23(17-28-25(21)22)18-4-11-30(12-5-18)36(33,34)14-2-8-29-9-6-20(31)7-10-29/h1,3,13,15-18,20,28,31H,2,4-12,14H2,(H2,27,32). The van der Waals surface area contributed by atoms with Crippen LogP contribution < -0.4 is 5.73 Å². The number of piperidine rings is 2. The first-order valence-corrected chi connectivity index (χ1v) is 15.2. The summed E-state index contributed by atoms with van der Waals surface area (Å²) < 4.78 is 27.6. The van der Waals surface area contributed by atoms with Crippen LogP contribution in [0, 0.1) is 0 Å². The number of aliphatic hydroxyl groups excluding tert-OH is 1. The number of nitrogens with one attached hydrogen (secondary N) is 1. The number of carbonyl (C=O) groups is 1. The van der Waals surface area contributed by atoms with Crippen LogP contribution in [0.5, 0.6) is 0 Å². The minimum atomic E-state index is -3.29. The molecule has 0 atom stereocenters. The fraction of sp³-hybridized carbons (Fsp3) is 0.500. The summed E-state index contributed by atoms with van der Waals surface area (Å²) in [4.78, 5) is 18.8. The Labute approximate surface area is 216 Å². The lowest BCUT2D eigenvalue weighted by Gasteiger charge is -2.32. The largest absolute Gasteiger partial charge is 0.393 e. The van der Waals surface area contributed by atoms with E-state index >= 15 is 0 Å². The fourth-order valence-corrected chi connectivity index (χ4v) is 7.79. The molecule has 8 nitrogen and oxygen atoms in total. The molecule has 0 bridgehead atoms. The molecule has 4 heterocycles. The number of aromatic amines is 1. The molecule has 36 heavy (non-hydrogen) atoms. The van der Waals surface area contributed by atoms with Crippen molar-refractivity contribution in [1.29, 1.82) is 0 Å². The van der Waals surface area contributed by atoms with Gasteiger partial charge in [0.1, 0.15) is 0 Å². The maximum atomic E-state index is 13.0. The van der Waals surface area contributed by atoms with E-state index in [2.05, 4.69) is 16.0 Å². The van der Waals surface area contributed by atoms with Crippen molar-refractivity contribution in [2.45, 2.75) is 44.1 Å². The summed E-state index contributed by atoms with van der Waals surface area (Å²) in [6, 6.07) is 7.97. The number of nitrogens with zero attached hydrogens (tertiary/aromatic N) is 2. The number of aliphatic hydroxyl groups is 1. The number of H-pyrrole nitrogens is 1. The Morgan fingerprint density at radius 1 is 1.14 bits per heavy atom. The van der Waals surface area contributed by atoms with Crippen molar-refractivity contribution in [3.05, 3.63) is 47.0 Å². The molecule has 1 amide bonds. The molecule has 2 saturated heterocycles. The van der Waals surface area contributed by atoms with Gasteiger partial charge in [0.25, 0.3) is 5.91 Å². The first-order chi connectivity index (χ1) is 17.3. The van der Waals surface area contributed by atoms with Gasteiger partial charge in [-0.15, -0.1) is 11.3 Å². The number of fused-ring (bicyclic) bond motifs is 1. The van der Waals surface area contributed by atoms with Gasteiger partial charge in [-0.2, -0.15) is 0 Å². The van der Waals surface area contributed by atoms with Gasteiger partial charge in [0.05, 0.1) is 22.9 Å². The van der Waals surface area contributed by atoms with E-state index in [4.69, 9.17) is 5.73 Å². The summed E-state index contributed by atoms with van der Waals surface area (Å²) in [6.07, 6.45) is 5.37. The van der Waals surface area contributed by atoms with E-state index in [9.17, 15) is 18.3 Å². The van der Waals surface area contributed by atoms with Crippen molar-refractivity contribution < 1.29 is 18.3 Å². The zero-order chi connectivity index (χ0) is 25.3. The number of sulfonamides is 1. The maximum Gasteiger partial charge on any atom is 0.250 e. The lowest BCUT2D eigenvalue weighted by atomic mass is 9.89. The maximum absolute atomic E-state index is 13.0. The third-order valence-electron chi connectivity index (χ3n) is 7.61. The lowest BCUT2D eigenvalue weighted by Crippen LogP contribution is -2.40. The van der Waals surface area contributed by atoms with Crippen LogP contribution >= 0.6 is 11.3 Å². The van der Waals surface area contributed by atoms with Crippen LogP contribution in [0.4, 0.5) is 0 Å². The quantitative estimate of drug-likeness (QED) is 0.413. The zero-order valence-electron chi connectivity index (χ0n) is 20.4. The highest BCUT2D eigenvalue weighted by atomic mass is 32.2. The van der Waals surface area contributed by atoms with Crippen molar-refractivity contribution in [3.63, 3.8) is 0 Å². The Morgan fingerprint density at radius 2 is 1.89 bits per heavy atom. The Kier molecular flexibility index (Phi) is 7.50. The molecule has 2 aliphatic rings. The predicted octanol–water partition coefficient (Wildman–Crippen LogP) is 3.35. The number of amides is 1. The number of likely N-dealkylation sites (tertiary alicyclic amines) is 1. The molecule has 0 saturated carbocycles. The van der Waals surface area contributed by atoms with Crippen molar-refractivity contribution in [2.75, 3.05) is 38.5 Å². The molecular formula is C26H34N4O4S2. The molecule has 2 aromatic heterocycles.